The minimum absolute atomic E-state index is 0.207. The quantitative estimate of drug-likeness (QED) is 0.338. The van der Waals surface area contributed by atoms with E-state index in [-0.39, 0.29) is 11.4 Å². The Morgan fingerprint density at radius 1 is 0.977 bits per heavy atom. The lowest BCUT2D eigenvalue weighted by Crippen LogP contribution is -2.53. The van der Waals surface area contributed by atoms with Crippen molar-refractivity contribution in [2.45, 2.75) is 55.5 Å². The van der Waals surface area contributed by atoms with Gasteiger partial charge in [-0.2, -0.15) is 0 Å². The molecule has 0 aliphatic carbocycles. The number of rotatable bonds is 10. The van der Waals surface area contributed by atoms with Crippen LogP contribution in [0.15, 0.2) is 72.8 Å². The number of anilines is 1. The van der Waals surface area contributed by atoms with Gasteiger partial charge in [-0.25, -0.2) is 8.42 Å². The molecule has 2 saturated heterocycles. The van der Waals surface area contributed by atoms with Gasteiger partial charge in [-0.1, -0.05) is 54.6 Å². The SMILES string of the molecule is CCOC(=O)CC1(c2ccc(OCc3ccc(CN4c5ccccc5C5(CCNCC5)C4S(C)(=O)=O)cc3)cc2)COC1. The van der Waals surface area contributed by atoms with Crippen molar-refractivity contribution < 1.29 is 27.4 Å². The number of fused-ring (bicyclic) bond motifs is 2. The van der Waals surface area contributed by atoms with Crippen LogP contribution >= 0.6 is 0 Å². The smallest absolute Gasteiger partial charge is 0.306 e. The molecule has 9 heteroatoms. The van der Waals surface area contributed by atoms with Crippen LogP contribution in [0.4, 0.5) is 5.69 Å². The molecule has 3 aromatic rings. The number of carbonyl (C=O) groups is 1. The van der Waals surface area contributed by atoms with Crippen LogP contribution in [0.25, 0.3) is 0 Å². The molecule has 1 atom stereocenters. The van der Waals surface area contributed by atoms with E-state index in [0.717, 1.165) is 59.6 Å². The molecule has 0 aromatic heterocycles. The van der Waals surface area contributed by atoms with Crippen molar-refractivity contribution >= 4 is 21.5 Å². The fourth-order valence-corrected chi connectivity index (χ4v) is 8.95. The Kier molecular flexibility index (Phi) is 8.24. The lowest BCUT2D eigenvalue weighted by Gasteiger charge is -2.41. The number of nitrogens with one attached hydrogen (secondary N) is 1. The van der Waals surface area contributed by atoms with Crippen molar-refractivity contribution in [3.63, 3.8) is 0 Å². The number of sulfone groups is 1. The van der Waals surface area contributed by atoms with Crippen LogP contribution in [0.5, 0.6) is 5.75 Å². The number of esters is 1. The maximum absolute atomic E-state index is 13.3. The molecule has 3 heterocycles. The summed E-state index contributed by atoms with van der Waals surface area (Å²) in [6.07, 6.45) is 3.29. The van der Waals surface area contributed by atoms with Crippen molar-refractivity contribution in [1.82, 2.24) is 5.32 Å². The highest BCUT2D eigenvalue weighted by Gasteiger charge is 2.55. The molecule has 1 N–H and O–H groups in total. The molecular formula is C34H40N2O6S. The summed E-state index contributed by atoms with van der Waals surface area (Å²) < 4.78 is 43.3. The average Bonchev–Trinajstić information content (AvgIpc) is 3.24. The first kappa shape index (κ1) is 29.7. The molecule has 0 saturated carbocycles. The zero-order valence-corrected chi connectivity index (χ0v) is 25.7. The molecule has 6 rings (SSSR count). The largest absolute Gasteiger partial charge is 0.489 e. The Morgan fingerprint density at radius 3 is 2.28 bits per heavy atom. The zero-order chi connectivity index (χ0) is 30.1. The number of piperidine rings is 1. The van der Waals surface area contributed by atoms with Crippen LogP contribution in [-0.2, 0) is 48.1 Å². The number of hydrogen-bond donors (Lipinski definition) is 1. The Hall–Kier alpha value is -3.40. The van der Waals surface area contributed by atoms with Gasteiger partial charge >= 0.3 is 5.97 Å². The Morgan fingerprint density at radius 2 is 1.65 bits per heavy atom. The molecule has 3 aliphatic rings. The third-order valence-electron chi connectivity index (χ3n) is 9.20. The van der Waals surface area contributed by atoms with Crippen LogP contribution in [0, 0.1) is 0 Å². The van der Waals surface area contributed by atoms with E-state index >= 15 is 0 Å². The van der Waals surface area contributed by atoms with Gasteiger partial charge in [0.1, 0.15) is 17.7 Å². The number of ether oxygens (including phenoxy) is 3. The lowest BCUT2D eigenvalue weighted by atomic mass is 9.74. The maximum atomic E-state index is 13.3. The van der Waals surface area contributed by atoms with Crippen molar-refractivity contribution in [1.29, 1.82) is 0 Å². The summed E-state index contributed by atoms with van der Waals surface area (Å²) in [7, 11) is -3.37. The van der Waals surface area contributed by atoms with Crippen molar-refractivity contribution in [3.05, 3.63) is 95.1 Å². The second-order valence-corrected chi connectivity index (χ2v) is 14.2. The van der Waals surface area contributed by atoms with Crippen LogP contribution in [-0.4, -0.2) is 58.9 Å². The summed E-state index contributed by atoms with van der Waals surface area (Å²) in [5.74, 6) is 0.539. The Labute approximate surface area is 254 Å². The fraction of sp³-hybridized carbons (Fsp3) is 0.441. The summed E-state index contributed by atoms with van der Waals surface area (Å²) in [6.45, 7) is 5.75. The summed E-state index contributed by atoms with van der Waals surface area (Å²) in [4.78, 5) is 14.2. The molecule has 3 aliphatic heterocycles. The lowest BCUT2D eigenvalue weighted by molar-refractivity contribution is -0.151. The molecule has 8 nitrogen and oxygen atoms in total. The topological polar surface area (TPSA) is 94.2 Å². The van der Waals surface area contributed by atoms with E-state index in [1.54, 1.807) is 0 Å². The van der Waals surface area contributed by atoms with Gasteiger partial charge in [-0.05, 0) is 73.3 Å². The normalized spacial score (nSPS) is 20.3. The minimum Gasteiger partial charge on any atom is -0.489 e. The van der Waals surface area contributed by atoms with E-state index in [0.29, 0.717) is 39.4 Å². The monoisotopic (exact) mass is 604 g/mol. The van der Waals surface area contributed by atoms with Gasteiger partial charge in [0, 0.05) is 23.9 Å². The van der Waals surface area contributed by atoms with Crippen molar-refractivity contribution in [2.24, 2.45) is 0 Å². The third-order valence-corrected chi connectivity index (χ3v) is 10.7. The molecule has 1 unspecified atom stereocenters. The Bertz CT molecular complexity index is 1540. The fourth-order valence-electron chi connectivity index (χ4n) is 7.12. The van der Waals surface area contributed by atoms with E-state index in [4.69, 9.17) is 14.2 Å². The van der Waals surface area contributed by atoms with E-state index in [9.17, 15) is 13.2 Å². The van der Waals surface area contributed by atoms with E-state index < -0.39 is 20.6 Å². The van der Waals surface area contributed by atoms with Crippen LogP contribution in [0.2, 0.25) is 0 Å². The highest BCUT2D eigenvalue weighted by molar-refractivity contribution is 7.91. The first-order valence-corrected chi connectivity index (χ1v) is 17.0. The Balaban J connectivity index is 1.13. The van der Waals surface area contributed by atoms with Gasteiger partial charge in [-0.3, -0.25) is 4.79 Å². The van der Waals surface area contributed by atoms with E-state index in [1.807, 2.05) is 55.5 Å². The van der Waals surface area contributed by atoms with Gasteiger partial charge in [0.05, 0.1) is 31.7 Å². The zero-order valence-electron chi connectivity index (χ0n) is 24.9. The molecule has 43 heavy (non-hydrogen) atoms. The summed E-state index contributed by atoms with van der Waals surface area (Å²) in [6, 6.07) is 24.3. The minimum atomic E-state index is -3.37. The molecule has 0 amide bonds. The second-order valence-electron chi connectivity index (χ2n) is 12.1. The number of nitrogens with zero attached hydrogens (tertiary/aromatic N) is 1. The summed E-state index contributed by atoms with van der Waals surface area (Å²) in [5, 5.41) is 2.82. The van der Waals surface area contributed by atoms with Gasteiger partial charge < -0.3 is 24.4 Å². The highest BCUT2D eigenvalue weighted by Crippen LogP contribution is 2.52. The average molecular weight is 605 g/mol. The summed E-state index contributed by atoms with van der Waals surface area (Å²) >= 11 is 0. The first-order valence-electron chi connectivity index (χ1n) is 15.0. The molecular weight excluding hydrogens is 564 g/mol. The predicted octanol–water partition coefficient (Wildman–Crippen LogP) is 4.50. The molecule has 0 bridgehead atoms. The van der Waals surface area contributed by atoms with E-state index in [1.165, 1.54) is 6.26 Å². The highest BCUT2D eigenvalue weighted by atomic mass is 32.2. The number of benzene rings is 3. The molecule has 228 valence electrons. The molecule has 2 fully saturated rings. The summed E-state index contributed by atoms with van der Waals surface area (Å²) in [5.41, 5.74) is 4.56. The van der Waals surface area contributed by atoms with Crippen molar-refractivity contribution in [2.75, 3.05) is 44.1 Å². The second kappa shape index (κ2) is 11.9. The van der Waals surface area contributed by atoms with Gasteiger partial charge in [-0.15, -0.1) is 0 Å². The van der Waals surface area contributed by atoms with Gasteiger partial charge in [0.2, 0.25) is 0 Å². The molecule has 1 spiro atoms. The number of hydrogen-bond acceptors (Lipinski definition) is 8. The number of para-hydroxylation sites is 1. The molecule has 0 radical (unpaired) electrons. The van der Waals surface area contributed by atoms with Crippen LogP contribution < -0.4 is 15.0 Å². The predicted molar refractivity (Wildman–Crippen MR) is 166 cm³/mol. The van der Waals surface area contributed by atoms with Gasteiger partial charge in [0.15, 0.2) is 9.84 Å². The number of carbonyl (C=O) groups excluding carboxylic acids is 1. The third kappa shape index (κ3) is 5.78. The van der Waals surface area contributed by atoms with Crippen LogP contribution in [0.1, 0.15) is 48.4 Å². The maximum Gasteiger partial charge on any atom is 0.306 e. The first-order chi connectivity index (χ1) is 20.7. The van der Waals surface area contributed by atoms with E-state index in [2.05, 4.69) is 34.5 Å². The van der Waals surface area contributed by atoms with Crippen molar-refractivity contribution in [3.8, 4) is 5.75 Å². The van der Waals surface area contributed by atoms with Crippen LogP contribution in [0.3, 0.4) is 0 Å². The van der Waals surface area contributed by atoms with Gasteiger partial charge in [0.25, 0.3) is 0 Å². The molecule has 3 aromatic carbocycles. The standard InChI is InChI=1S/C34H40N2O6S/c1-3-41-31(37)20-33(23-40-24-33)27-12-14-28(15-13-27)42-22-26-10-8-25(9-11-26)21-36-30-7-5-4-6-29(30)34(16-18-35-19-17-34)32(36)43(2,38)39/h4-15,32,35H,3,16-24H2,1-2H3.